The molecule has 0 saturated heterocycles. The van der Waals surface area contributed by atoms with Crippen molar-refractivity contribution in [2.45, 2.75) is 33.2 Å². The SMILES string of the molecule is CCc1nc2c(C(C)Nc3ccc(Cl)nc3C=O)cc(C)cc2c2nccn12. The number of aromatic nitrogens is 4. The Kier molecular flexibility index (Phi) is 4.73. The highest BCUT2D eigenvalue weighted by Crippen LogP contribution is 2.30. The minimum Gasteiger partial charge on any atom is -0.377 e. The van der Waals surface area contributed by atoms with Gasteiger partial charge in [-0.05, 0) is 37.6 Å². The second kappa shape index (κ2) is 7.20. The van der Waals surface area contributed by atoms with Crippen molar-refractivity contribution in [2.75, 3.05) is 5.32 Å². The fourth-order valence-corrected chi connectivity index (χ4v) is 3.70. The van der Waals surface area contributed by atoms with E-state index in [1.54, 1.807) is 18.3 Å². The van der Waals surface area contributed by atoms with Gasteiger partial charge in [0.1, 0.15) is 22.3 Å². The monoisotopic (exact) mass is 393 g/mol. The van der Waals surface area contributed by atoms with Gasteiger partial charge in [-0.25, -0.2) is 15.0 Å². The largest absolute Gasteiger partial charge is 0.377 e. The molecule has 3 heterocycles. The van der Waals surface area contributed by atoms with E-state index >= 15 is 0 Å². The smallest absolute Gasteiger partial charge is 0.170 e. The van der Waals surface area contributed by atoms with E-state index in [0.29, 0.717) is 12.0 Å². The molecule has 4 aromatic rings. The van der Waals surface area contributed by atoms with Gasteiger partial charge in [0.15, 0.2) is 6.29 Å². The highest BCUT2D eigenvalue weighted by molar-refractivity contribution is 6.29. The Hall–Kier alpha value is -2.99. The third kappa shape index (κ3) is 3.10. The number of aldehydes is 1. The molecular weight excluding hydrogens is 374 g/mol. The van der Waals surface area contributed by atoms with Gasteiger partial charge in [-0.1, -0.05) is 24.6 Å². The predicted molar refractivity (Wildman–Crippen MR) is 111 cm³/mol. The highest BCUT2D eigenvalue weighted by Gasteiger charge is 2.17. The van der Waals surface area contributed by atoms with Gasteiger partial charge < -0.3 is 5.32 Å². The summed E-state index contributed by atoms with van der Waals surface area (Å²) in [4.78, 5) is 24.9. The Bertz CT molecular complexity index is 1200. The third-order valence-electron chi connectivity index (χ3n) is 4.84. The van der Waals surface area contributed by atoms with Gasteiger partial charge in [-0.2, -0.15) is 0 Å². The summed E-state index contributed by atoms with van der Waals surface area (Å²) in [7, 11) is 0. The molecule has 1 N–H and O–H groups in total. The first kappa shape index (κ1) is 18.4. The second-order valence-electron chi connectivity index (χ2n) is 6.80. The van der Waals surface area contributed by atoms with Crippen molar-refractivity contribution in [1.29, 1.82) is 0 Å². The van der Waals surface area contributed by atoms with Gasteiger partial charge in [-0.3, -0.25) is 9.20 Å². The molecule has 0 aliphatic carbocycles. The van der Waals surface area contributed by atoms with E-state index < -0.39 is 0 Å². The summed E-state index contributed by atoms with van der Waals surface area (Å²) in [5.41, 5.74) is 4.91. The normalized spacial score (nSPS) is 12.4. The minimum absolute atomic E-state index is 0.0984. The molecule has 4 rings (SSSR count). The molecule has 1 unspecified atom stereocenters. The van der Waals surface area contributed by atoms with E-state index in [4.69, 9.17) is 16.6 Å². The number of aryl methyl sites for hydroxylation is 2. The maximum atomic E-state index is 11.4. The molecule has 0 amide bonds. The van der Waals surface area contributed by atoms with Crippen LogP contribution in [-0.2, 0) is 6.42 Å². The summed E-state index contributed by atoms with van der Waals surface area (Å²) in [5, 5.41) is 4.68. The van der Waals surface area contributed by atoms with Gasteiger partial charge in [-0.15, -0.1) is 0 Å². The number of halogens is 1. The van der Waals surface area contributed by atoms with Crippen LogP contribution in [-0.4, -0.2) is 25.6 Å². The van der Waals surface area contributed by atoms with Crippen LogP contribution in [0.4, 0.5) is 5.69 Å². The Balaban J connectivity index is 1.87. The number of nitrogens with zero attached hydrogens (tertiary/aromatic N) is 4. The zero-order chi connectivity index (χ0) is 19.8. The number of carbonyl (C=O) groups is 1. The molecule has 0 radical (unpaired) electrons. The van der Waals surface area contributed by atoms with E-state index in [-0.39, 0.29) is 16.9 Å². The van der Waals surface area contributed by atoms with Crippen LogP contribution in [0.1, 0.15) is 47.3 Å². The number of hydrogen-bond acceptors (Lipinski definition) is 5. The molecule has 0 bridgehead atoms. The molecule has 7 heteroatoms. The fourth-order valence-electron chi connectivity index (χ4n) is 3.55. The number of benzene rings is 1. The first-order valence-electron chi connectivity index (χ1n) is 9.16. The van der Waals surface area contributed by atoms with Crippen LogP contribution in [0.25, 0.3) is 16.6 Å². The van der Waals surface area contributed by atoms with Crippen LogP contribution >= 0.6 is 11.6 Å². The Labute approximate surface area is 167 Å². The predicted octanol–water partition coefficient (Wildman–Crippen LogP) is 4.79. The Morgan fingerprint density at radius 1 is 1.29 bits per heavy atom. The first-order valence-corrected chi connectivity index (χ1v) is 9.54. The molecule has 0 fully saturated rings. The van der Waals surface area contributed by atoms with Gasteiger partial charge in [0.05, 0.1) is 17.2 Å². The molecule has 3 aromatic heterocycles. The molecule has 6 nitrogen and oxygen atoms in total. The zero-order valence-corrected chi connectivity index (χ0v) is 16.7. The molecule has 1 aromatic carbocycles. The standard InChI is InChI=1S/C21H20ClN5O/c1-4-19-26-20-14(9-12(2)10-15(20)21-23-7-8-27(19)21)13(3)24-16-5-6-18(22)25-17(16)11-28/h5-11,13,24H,4H2,1-3H3. The molecule has 142 valence electrons. The lowest BCUT2D eigenvalue weighted by Crippen LogP contribution is -2.11. The van der Waals surface area contributed by atoms with Crippen LogP contribution in [0.3, 0.4) is 0 Å². The lowest BCUT2D eigenvalue weighted by molar-refractivity contribution is 0.112. The van der Waals surface area contributed by atoms with Crippen LogP contribution < -0.4 is 5.32 Å². The summed E-state index contributed by atoms with van der Waals surface area (Å²) in [5.74, 6) is 0.957. The maximum absolute atomic E-state index is 11.4. The lowest BCUT2D eigenvalue weighted by Gasteiger charge is -2.20. The second-order valence-corrected chi connectivity index (χ2v) is 7.19. The van der Waals surface area contributed by atoms with Crippen molar-refractivity contribution in [3.8, 4) is 0 Å². The number of anilines is 1. The quantitative estimate of drug-likeness (QED) is 0.390. The summed E-state index contributed by atoms with van der Waals surface area (Å²) in [6.45, 7) is 6.18. The Morgan fingerprint density at radius 2 is 2.11 bits per heavy atom. The minimum atomic E-state index is -0.0984. The third-order valence-corrected chi connectivity index (χ3v) is 5.05. The fraction of sp³-hybridized carbons (Fsp3) is 0.238. The molecule has 0 spiro atoms. The lowest BCUT2D eigenvalue weighted by atomic mass is 10.0. The molecular formula is C21H20ClN5O. The number of nitrogens with one attached hydrogen (secondary N) is 1. The van der Waals surface area contributed by atoms with E-state index in [2.05, 4.69) is 41.3 Å². The molecule has 0 saturated carbocycles. The number of hydrogen-bond donors (Lipinski definition) is 1. The van der Waals surface area contributed by atoms with Crippen LogP contribution in [0, 0.1) is 6.92 Å². The highest BCUT2D eigenvalue weighted by atomic mass is 35.5. The number of carbonyl (C=O) groups excluding carboxylic acids is 1. The molecule has 0 aliphatic rings. The van der Waals surface area contributed by atoms with Crippen LogP contribution in [0.5, 0.6) is 0 Å². The summed E-state index contributed by atoms with van der Waals surface area (Å²) >= 11 is 5.91. The maximum Gasteiger partial charge on any atom is 0.170 e. The number of pyridine rings is 1. The van der Waals surface area contributed by atoms with Crippen molar-refractivity contribution in [3.05, 3.63) is 64.5 Å². The van der Waals surface area contributed by atoms with Gasteiger partial charge in [0, 0.05) is 29.8 Å². The average Bonchev–Trinajstić information content (AvgIpc) is 3.18. The van der Waals surface area contributed by atoms with Crippen molar-refractivity contribution in [3.63, 3.8) is 0 Å². The summed E-state index contributed by atoms with van der Waals surface area (Å²) in [6, 6.07) is 7.57. The van der Waals surface area contributed by atoms with E-state index in [0.717, 1.165) is 39.9 Å². The van der Waals surface area contributed by atoms with E-state index in [1.165, 1.54) is 0 Å². The summed E-state index contributed by atoms with van der Waals surface area (Å²) in [6.07, 6.45) is 5.25. The van der Waals surface area contributed by atoms with Crippen LogP contribution in [0.15, 0.2) is 36.7 Å². The van der Waals surface area contributed by atoms with Gasteiger partial charge in [0.25, 0.3) is 0 Å². The number of imidazole rings is 1. The average molecular weight is 394 g/mol. The number of fused-ring (bicyclic) bond motifs is 3. The van der Waals surface area contributed by atoms with Crippen molar-refractivity contribution in [2.24, 2.45) is 0 Å². The summed E-state index contributed by atoms with van der Waals surface area (Å²) < 4.78 is 2.04. The van der Waals surface area contributed by atoms with Crippen molar-refractivity contribution >= 4 is 40.1 Å². The van der Waals surface area contributed by atoms with E-state index in [1.807, 2.05) is 17.5 Å². The van der Waals surface area contributed by atoms with Crippen molar-refractivity contribution in [1.82, 2.24) is 19.4 Å². The first-order chi connectivity index (χ1) is 13.5. The van der Waals surface area contributed by atoms with E-state index in [9.17, 15) is 4.79 Å². The number of rotatable bonds is 5. The van der Waals surface area contributed by atoms with Gasteiger partial charge >= 0.3 is 0 Å². The molecule has 0 aliphatic heterocycles. The van der Waals surface area contributed by atoms with Gasteiger partial charge in [0.2, 0.25) is 0 Å². The molecule has 28 heavy (non-hydrogen) atoms. The Morgan fingerprint density at radius 3 is 2.86 bits per heavy atom. The van der Waals surface area contributed by atoms with Crippen molar-refractivity contribution < 1.29 is 4.79 Å². The molecule has 1 atom stereocenters. The zero-order valence-electron chi connectivity index (χ0n) is 15.9. The topological polar surface area (TPSA) is 72.2 Å². The van der Waals surface area contributed by atoms with Crippen LogP contribution in [0.2, 0.25) is 5.15 Å².